The zero-order valence-electron chi connectivity index (χ0n) is 15.7. The minimum atomic E-state index is -0.0639. The molecule has 1 fully saturated rings. The lowest BCUT2D eigenvalue weighted by Crippen LogP contribution is -2.11. The summed E-state index contributed by atoms with van der Waals surface area (Å²) < 4.78 is 7.60. The molecule has 1 saturated heterocycles. The topological polar surface area (TPSA) is 86.2 Å². The van der Waals surface area contributed by atoms with Crippen LogP contribution >= 0.6 is 12.6 Å². The van der Waals surface area contributed by atoms with E-state index in [2.05, 4.69) is 24.5 Å². The Kier molecular flexibility index (Phi) is 5.39. The van der Waals surface area contributed by atoms with Gasteiger partial charge in [-0.3, -0.25) is 0 Å². The van der Waals surface area contributed by atoms with Crippen molar-refractivity contribution >= 4 is 18.3 Å². The first-order chi connectivity index (χ1) is 13.5. The van der Waals surface area contributed by atoms with E-state index in [0.717, 1.165) is 40.4 Å². The highest BCUT2D eigenvalue weighted by Crippen LogP contribution is 2.32. The fraction of sp³-hybridized carbons (Fsp3) is 0.333. The van der Waals surface area contributed by atoms with Crippen molar-refractivity contribution in [2.24, 2.45) is 0 Å². The molecule has 3 N–H and O–H groups in total. The number of hydrogen-bond donors (Lipinski definition) is 3. The van der Waals surface area contributed by atoms with Gasteiger partial charge in [-0.05, 0) is 48.2 Å². The van der Waals surface area contributed by atoms with Crippen molar-refractivity contribution in [2.75, 3.05) is 12.3 Å². The number of thiol groups is 1. The van der Waals surface area contributed by atoms with Crippen LogP contribution in [0.3, 0.4) is 0 Å². The number of nitrogen functional groups attached to an aromatic ring is 1. The molecule has 3 aromatic rings. The van der Waals surface area contributed by atoms with E-state index in [-0.39, 0.29) is 24.7 Å². The smallest absolute Gasteiger partial charge is 0.153 e. The van der Waals surface area contributed by atoms with E-state index in [4.69, 9.17) is 15.6 Å². The van der Waals surface area contributed by atoms with Crippen molar-refractivity contribution in [3.05, 3.63) is 65.6 Å². The van der Waals surface area contributed by atoms with Crippen molar-refractivity contribution in [2.45, 2.75) is 42.8 Å². The van der Waals surface area contributed by atoms with E-state index in [1.807, 2.05) is 48.8 Å². The van der Waals surface area contributed by atoms with Gasteiger partial charge in [-0.1, -0.05) is 19.1 Å². The van der Waals surface area contributed by atoms with Gasteiger partial charge in [0.05, 0.1) is 24.5 Å². The van der Waals surface area contributed by atoms with E-state index in [1.54, 1.807) is 4.68 Å². The Hall–Kier alpha value is -2.35. The third-order valence-electron chi connectivity index (χ3n) is 5.30. The summed E-state index contributed by atoms with van der Waals surface area (Å²) in [6, 6.07) is 11.8. The SMILES string of the molecule is CC(c1ccc(N)c(S)c1)c1ccn(-c2ccc(C3CCC(CO)O3)cn2)n1. The van der Waals surface area contributed by atoms with Crippen LogP contribution in [0.5, 0.6) is 0 Å². The van der Waals surface area contributed by atoms with Crippen molar-refractivity contribution in [3.63, 3.8) is 0 Å². The summed E-state index contributed by atoms with van der Waals surface area (Å²) in [6.45, 7) is 2.18. The van der Waals surface area contributed by atoms with Gasteiger partial charge in [-0.15, -0.1) is 12.6 Å². The number of aromatic nitrogens is 3. The molecule has 0 bridgehead atoms. The van der Waals surface area contributed by atoms with Gasteiger partial charge in [-0.25, -0.2) is 9.67 Å². The van der Waals surface area contributed by atoms with E-state index in [9.17, 15) is 5.11 Å². The maximum atomic E-state index is 9.22. The zero-order chi connectivity index (χ0) is 19.7. The number of hydrogen-bond acceptors (Lipinski definition) is 6. The van der Waals surface area contributed by atoms with Gasteiger partial charge in [-0.2, -0.15) is 5.10 Å². The fourth-order valence-corrected chi connectivity index (χ4v) is 3.73. The molecule has 3 unspecified atom stereocenters. The summed E-state index contributed by atoms with van der Waals surface area (Å²) in [6.07, 6.45) is 5.48. The maximum Gasteiger partial charge on any atom is 0.153 e. The summed E-state index contributed by atoms with van der Waals surface area (Å²) in [5.74, 6) is 0.875. The highest BCUT2D eigenvalue weighted by Gasteiger charge is 2.26. The van der Waals surface area contributed by atoms with Gasteiger partial charge in [0.2, 0.25) is 0 Å². The second kappa shape index (κ2) is 7.95. The Balaban J connectivity index is 1.50. The predicted octanol–water partition coefficient (Wildman–Crippen LogP) is 3.50. The van der Waals surface area contributed by atoms with Crippen molar-refractivity contribution in [1.82, 2.24) is 14.8 Å². The van der Waals surface area contributed by atoms with Crippen LogP contribution < -0.4 is 5.73 Å². The molecule has 28 heavy (non-hydrogen) atoms. The lowest BCUT2D eigenvalue weighted by atomic mass is 9.98. The summed E-state index contributed by atoms with van der Waals surface area (Å²) in [4.78, 5) is 5.32. The van der Waals surface area contributed by atoms with Gasteiger partial charge in [0.15, 0.2) is 5.82 Å². The summed E-state index contributed by atoms with van der Waals surface area (Å²) in [5.41, 5.74) is 9.63. The first-order valence-corrected chi connectivity index (χ1v) is 9.86. The molecule has 1 aliphatic rings. The third kappa shape index (κ3) is 3.78. The van der Waals surface area contributed by atoms with Crippen LogP contribution in [0, 0.1) is 0 Å². The Morgan fingerprint density at radius 2 is 2.14 bits per heavy atom. The highest BCUT2D eigenvalue weighted by molar-refractivity contribution is 7.80. The molecule has 146 valence electrons. The molecule has 0 radical (unpaired) electrons. The molecular formula is C21H24N4O2S. The monoisotopic (exact) mass is 396 g/mol. The number of pyridine rings is 1. The number of aliphatic hydroxyl groups excluding tert-OH is 1. The van der Waals surface area contributed by atoms with Crippen molar-refractivity contribution in [1.29, 1.82) is 0 Å². The average molecular weight is 397 g/mol. The van der Waals surface area contributed by atoms with E-state index in [0.29, 0.717) is 5.69 Å². The molecule has 6 nitrogen and oxygen atoms in total. The number of nitrogens with two attached hydrogens (primary N) is 1. The Labute approximate surface area is 169 Å². The summed E-state index contributed by atoms with van der Waals surface area (Å²) >= 11 is 4.41. The first-order valence-electron chi connectivity index (χ1n) is 9.41. The molecular weight excluding hydrogens is 372 g/mol. The van der Waals surface area contributed by atoms with Crippen LogP contribution in [0.15, 0.2) is 53.7 Å². The molecule has 4 rings (SSSR count). The van der Waals surface area contributed by atoms with Crippen LogP contribution in [0.1, 0.15) is 48.6 Å². The van der Waals surface area contributed by atoms with E-state index in [1.165, 1.54) is 0 Å². The van der Waals surface area contributed by atoms with Gasteiger partial charge >= 0.3 is 0 Å². The molecule has 3 heterocycles. The lowest BCUT2D eigenvalue weighted by Gasteiger charge is -2.12. The average Bonchev–Trinajstić information content (AvgIpc) is 3.39. The molecule has 0 amide bonds. The van der Waals surface area contributed by atoms with Crippen LogP contribution in [0.4, 0.5) is 5.69 Å². The molecule has 0 spiro atoms. The number of rotatable bonds is 5. The quantitative estimate of drug-likeness (QED) is 0.454. The Bertz CT molecular complexity index is 957. The van der Waals surface area contributed by atoms with Crippen molar-refractivity contribution < 1.29 is 9.84 Å². The Morgan fingerprint density at radius 3 is 2.82 bits per heavy atom. The number of nitrogens with zero attached hydrogens (tertiary/aromatic N) is 3. The molecule has 2 aromatic heterocycles. The predicted molar refractivity (Wildman–Crippen MR) is 111 cm³/mol. The second-order valence-corrected chi connectivity index (χ2v) is 7.66. The fourth-order valence-electron chi connectivity index (χ4n) is 3.51. The van der Waals surface area contributed by atoms with E-state index < -0.39 is 0 Å². The minimum Gasteiger partial charge on any atom is -0.398 e. The molecule has 0 saturated carbocycles. The van der Waals surface area contributed by atoms with Crippen LogP contribution in [0.25, 0.3) is 5.82 Å². The lowest BCUT2D eigenvalue weighted by molar-refractivity contribution is 0.0108. The number of benzene rings is 1. The summed E-state index contributed by atoms with van der Waals surface area (Å²) in [7, 11) is 0. The number of ether oxygens (including phenoxy) is 1. The van der Waals surface area contributed by atoms with Crippen molar-refractivity contribution in [3.8, 4) is 5.82 Å². The van der Waals surface area contributed by atoms with E-state index >= 15 is 0 Å². The molecule has 3 atom stereocenters. The van der Waals surface area contributed by atoms with Crippen LogP contribution in [0.2, 0.25) is 0 Å². The first kappa shape index (κ1) is 19.0. The Morgan fingerprint density at radius 1 is 1.29 bits per heavy atom. The third-order valence-corrected chi connectivity index (χ3v) is 5.68. The van der Waals surface area contributed by atoms with Gasteiger partial charge in [0.25, 0.3) is 0 Å². The minimum absolute atomic E-state index is 0.00727. The second-order valence-electron chi connectivity index (χ2n) is 7.18. The van der Waals surface area contributed by atoms with Gasteiger partial charge < -0.3 is 15.6 Å². The molecule has 1 aliphatic heterocycles. The number of aliphatic hydroxyl groups is 1. The van der Waals surface area contributed by atoms with Gasteiger partial charge in [0, 0.05) is 28.9 Å². The highest BCUT2D eigenvalue weighted by atomic mass is 32.1. The largest absolute Gasteiger partial charge is 0.398 e. The summed E-state index contributed by atoms with van der Waals surface area (Å²) in [5, 5.41) is 13.9. The normalized spacial score (nSPS) is 20.4. The standard InChI is InChI=1S/C21H24N4O2S/c1-13(14-2-5-17(22)20(28)10-14)18-8-9-25(24-18)21-7-3-15(11-23-21)19-6-4-16(12-26)27-19/h2-3,5,7-11,13,16,19,26,28H,4,6,12,22H2,1H3. The maximum absolute atomic E-state index is 9.22. The van der Waals surface area contributed by atoms with Gasteiger partial charge in [0.1, 0.15) is 0 Å². The molecule has 0 aliphatic carbocycles. The molecule has 1 aromatic carbocycles. The van der Waals surface area contributed by atoms with Crippen LogP contribution in [-0.2, 0) is 4.74 Å². The molecule has 7 heteroatoms. The van der Waals surface area contributed by atoms with Crippen LogP contribution in [-0.4, -0.2) is 32.6 Å². The zero-order valence-corrected chi connectivity index (χ0v) is 16.6. The number of anilines is 1.